The zero-order valence-corrected chi connectivity index (χ0v) is 5.00. The molecule has 0 spiro atoms. The maximum absolute atomic E-state index is 12.0. The fourth-order valence-electron chi connectivity index (χ4n) is 0.264. The van der Waals surface area contributed by atoms with Crippen molar-refractivity contribution in [2.75, 3.05) is 0 Å². The predicted octanol–water partition coefficient (Wildman–Crippen LogP) is 2.68. The van der Waals surface area contributed by atoms with Gasteiger partial charge in [-0.05, 0) is 6.92 Å². The van der Waals surface area contributed by atoms with Crippen molar-refractivity contribution in [1.29, 1.82) is 0 Å². The monoisotopic (exact) mass is 136 g/mol. The molecule has 0 amide bonds. The summed E-state index contributed by atoms with van der Waals surface area (Å²) in [5.41, 5.74) is 0. The molecule has 52 valence electrons. The molecule has 0 heterocycles. The molecule has 0 radical (unpaired) electrons. The first kappa shape index (κ1) is 8.27. The van der Waals surface area contributed by atoms with E-state index >= 15 is 0 Å². The lowest BCUT2D eigenvalue weighted by Gasteiger charge is -1.93. The number of allylic oxidation sites excluding steroid dienone is 3. The van der Waals surface area contributed by atoms with Gasteiger partial charge in [-0.25, -0.2) is 13.2 Å². The van der Waals surface area contributed by atoms with Crippen LogP contribution in [-0.2, 0) is 0 Å². The molecule has 0 rings (SSSR count). The second kappa shape index (κ2) is 3.33. The van der Waals surface area contributed by atoms with E-state index in [-0.39, 0.29) is 0 Å². The van der Waals surface area contributed by atoms with Gasteiger partial charge in [-0.2, -0.15) is 0 Å². The van der Waals surface area contributed by atoms with Crippen molar-refractivity contribution < 1.29 is 13.2 Å². The van der Waals surface area contributed by atoms with Crippen molar-refractivity contribution in [2.24, 2.45) is 0 Å². The molecular formula is C6H7F3. The Morgan fingerprint density at radius 3 is 2.11 bits per heavy atom. The van der Waals surface area contributed by atoms with Crippen molar-refractivity contribution >= 4 is 0 Å². The summed E-state index contributed by atoms with van der Waals surface area (Å²) < 4.78 is 35.4. The lowest BCUT2D eigenvalue weighted by Crippen LogP contribution is -1.91. The van der Waals surface area contributed by atoms with Crippen molar-refractivity contribution in [3.05, 3.63) is 24.3 Å². The molecule has 0 aromatic heterocycles. The fourth-order valence-corrected chi connectivity index (χ4v) is 0.264. The van der Waals surface area contributed by atoms with E-state index in [0.717, 1.165) is 6.92 Å². The van der Waals surface area contributed by atoms with Gasteiger partial charge >= 0.3 is 0 Å². The number of halogens is 3. The Bertz CT molecular complexity index is 135. The molecule has 9 heavy (non-hydrogen) atoms. The molecule has 0 fully saturated rings. The van der Waals surface area contributed by atoms with Crippen LogP contribution in [0.5, 0.6) is 0 Å². The Hall–Kier alpha value is -0.730. The second-order valence-corrected chi connectivity index (χ2v) is 1.59. The van der Waals surface area contributed by atoms with Gasteiger partial charge in [0.05, 0.1) is 0 Å². The Labute approximate surface area is 51.7 Å². The van der Waals surface area contributed by atoms with Crippen LogP contribution < -0.4 is 0 Å². The molecule has 0 bridgehead atoms. The maximum Gasteiger partial charge on any atom is 0.149 e. The van der Waals surface area contributed by atoms with Crippen LogP contribution >= 0.6 is 0 Å². The molecule has 0 aromatic rings. The first-order valence-electron chi connectivity index (χ1n) is 2.39. The van der Waals surface area contributed by atoms with E-state index in [9.17, 15) is 13.2 Å². The minimum absolute atomic E-state index is 0.421. The first-order valence-corrected chi connectivity index (χ1v) is 2.39. The largest absolute Gasteiger partial charge is 0.240 e. The topological polar surface area (TPSA) is 0 Å². The summed E-state index contributed by atoms with van der Waals surface area (Å²) in [5.74, 6) is -2.11. The molecule has 3 heteroatoms. The summed E-state index contributed by atoms with van der Waals surface area (Å²) >= 11 is 0. The summed E-state index contributed by atoms with van der Waals surface area (Å²) in [4.78, 5) is 0. The third-order valence-corrected chi connectivity index (χ3v) is 0.675. The average Bonchev–Trinajstić information content (AvgIpc) is 1.63. The molecular weight excluding hydrogens is 129 g/mol. The SMILES string of the molecule is C=C(F)/C=C(/F)C(C)F. The number of rotatable bonds is 2. The summed E-state index contributed by atoms with van der Waals surface area (Å²) in [7, 11) is 0. The minimum atomic E-state index is -1.75. The van der Waals surface area contributed by atoms with Gasteiger partial charge < -0.3 is 0 Å². The summed E-state index contributed by atoms with van der Waals surface area (Å²) in [6, 6.07) is 0. The van der Waals surface area contributed by atoms with E-state index in [2.05, 4.69) is 6.58 Å². The minimum Gasteiger partial charge on any atom is -0.240 e. The predicted molar refractivity (Wildman–Crippen MR) is 30.0 cm³/mol. The highest BCUT2D eigenvalue weighted by atomic mass is 19.2. The zero-order valence-electron chi connectivity index (χ0n) is 5.00. The average molecular weight is 136 g/mol. The van der Waals surface area contributed by atoms with Crippen LogP contribution in [0.15, 0.2) is 24.3 Å². The van der Waals surface area contributed by atoms with Gasteiger partial charge in [0.1, 0.15) is 17.8 Å². The van der Waals surface area contributed by atoms with E-state index in [1.807, 2.05) is 0 Å². The standard InChI is InChI=1S/C6H7F3/c1-4(7)3-6(9)5(2)8/h3,5H,1H2,2H3/b6-3+. The van der Waals surface area contributed by atoms with E-state index < -0.39 is 17.8 Å². The Morgan fingerprint density at radius 2 is 2.00 bits per heavy atom. The number of alkyl halides is 1. The van der Waals surface area contributed by atoms with Gasteiger partial charge in [-0.3, -0.25) is 0 Å². The van der Waals surface area contributed by atoms with Gasteiger partial charge in [-0.1, -0.05) is 6.58 Å². The van der Waals surface area contributed by atoms with Crippen LogP contribution in [0.2, 0.25) is 0 Å². The van der Waals surface area contributed by atoms with Crippen LogP contribution in [0.3, 0.4) is 0 Å². The summed E-state index contributed by atoms with van der Waals surface area (Å²) in [5, 5.41) is 0. The first-order chi connectivity index (χ1) is 4.04. The van der Waals surface area contributed by atoms with Gasteiger partial charge in [0.15, 0.2) is 0 Å². The molecule has 0 N–H and O–H groups in total. The highest BCUT2D eigenvalue weighted by Crippen LogP contribution is 2.10. The number of hydrogen-bond donors (Lipinski definition) is 0. The van der Waals surface area contributed by atoms with Crippen LogP contribution in [-0.4, -0.2) is 6.17 Å². The van der Waals surface area contributed by atoms with Crippen LogP contribution in [0.1, 0.15) is 6.92 Å². The summed E-state index contributed by atoms with van der Waals surface area (Å²) in [6.07, 6.45) is -1.33. The Kier molecular flexibility index (Phi) is 3.06. The normalized spacial score (nSPS) is 15.3. The molecule has 0 aliphatic carbocycles. The van der Waals surface area contributed by atoms with E-state index in [1.54, 1.807) is 0 Å². The fraction of sp³-hybridized carbons (Fsp3) is 0.333. The van der Waals surface area contributed by atoms with Crippen LogP contribution in [0, 0.1) is 0 Å². The van der Waals surface area contributed by atoms with E-state index in [4.69, 9.17) is 0 Å². The van der Waals surface area contributed by atoms with Gasteiger partial charge in [0, 0.05) is 6.08 Å². The molecule has 0 aliphatic heterocycles. The highest BCUT2D eigenvalue weighted by Gasteiger charge is 2.04. The Morgan fingerprint density at radius 1 is 1.56 bits per heavy atom. The summed E-state index contributed by atoms with van der Waals surface area (Å²) in [6.45, 7) is 3.71. The van der Waals surface area contributed by atoms with Gasteiger partial charge in [0.25, 0.3) is 0 Å². The Balaban J connectivity index is 4.00. The number of hydrogen-bond acceptors (Lipinski definition) is 0. The van der Waals surface area contributed by atoms with Crippen LogP contribution in [0.4, 0.5) is 13.2 Å². The lowest BCUT2D eigenvalue weighted by molar-refractivity contribution is 0.348. The molecule has 0 aliphatic rings. The van der Waals surface area contributed by atoms with E-state index in [1.165, 1.54) is 0 Å². The molecule has 1 atom stereocenters. The zero-order chi connectivity index (χ0) is 7.44. The maximum atomic E-state index is 12.0. The second-order valence-electron chi connectivity index (χ2n) is 1.59. The molecule has 0 saturated carbocycles. The third kappa shape index (κ3) is 3.82. The third-order valence-electron chi connectivity index (χ3n) is 0.675. The van der Waals surface area contributed by atoms with E-state index in [0.29, 0.717) is 6.08 Å². The smallest absolute Gasteiger partial charge is 0.149 e. The molecule has 0 saturated heterocycles. The molecule has 0 aromatic carbocycles. The van der Waals surface area contributed by atoms with Crippen molar-refractivity contribution in [3.8, 4) is 0 Å². The van der Waals surface area contributed by atoms with Crippen molar-refractivity contribution in [3.63, 3.8) is 0 Å². The van der Waals surface area contributed by atoms with Crippen molar-refractivity contribution in [2.45, 2.75) is 13.1 Å². The van der Waals surface area contributed by atoms with Crippen LogP contribution in [0.25, 0.3) is 0 Å². The van der Waals surface area contributed by atoms with Gasteiger partial charge in [0.2, 0.25) is 0 Å². The lowest BCUT2D eigenvalue weighted by atomic mass is 10.3. The van der Waals surface area contributed by atoms with Gasteiger partial charge in [-0.15, -0.1) is 0 Å². The quantitative estimate of drug-likeness (QED) is 0.512. The molecule has 0 nitrogen and oxygen atoms in total. The van der Waals surface area contributed by atoms with Crippen molar-refractivity contribution in [1.82, 2.24) is 0 Å². The molecule has 1 unspecified atom stereocenters. The highest BCUT2D eigenvalue weighted by molar-refractivity contribution is 5.12.